The molecule has 0 aliphatic carbocycles. The molecule has 3 nitrogen and oxygen atoms in total. The number of rotatable bonds is 3. The van der Waals surface area contributed by atoms with Crippen molar-refractivity contribution in [3.8, 4) is 22.4 Å². The van der Waals surface area contributed by atoms with Gasteiger partial charge in [0, 0.05) is 31.2 Å². The van der Waals surface area contributed by atoms with Crippen LogP contribution in [0.1, 0.15) is 37.9 Å². The molecule has 33 heavy (non-hydrogen) atoms. The molecule has 0 saturated heterocycles. The molecule has 2 aromatic heterocycles. The molecule has 0 fully saturated rings. The fraction of sp³-hybridized carbons (Fsp3) is 0.200. The highest BCUT2D eigenvalue weighted by Gasteiger charge is 2.24. The second-order valence-electron chi connectivity index (χ2n) is 8.88. The number of hydrogen-bond donors (Lipinski definition) is 0. The largest absolute Gasteiger partial charge is 0.466 e. The van der Waals surface area contributed by atoms with Gasteiger partial charge in [0.05, 0.1) is 12.1 Å². The summed E-state index contributed by atoms with van der Waals surface area (Å²) in [6.07, 6.45) is 0. The maximum absolute atomic E-state index is 8.60. The van der Waals surface area contributed by atoms with Gasteiger partial charge in [-0.15, -0.1) is 0 Å². The van der Waals surface area contributed by atoms with E-state index >= 15 is 0 Å². The SMILES string of the molecule is [2H]C(C)(C)c1cc(C)[n+](C)c(-c2c(C)ccc3c2oc2c([N+]#[C-])c(-c4ccccc4)ccc23)c1. The van der Waals surface area contributed by atoms with Gasteiger partial charge < -0.3 is 4.42 Å². The molecule has 0 saturated carbocycles. The van der Waals surface area contributed by atoms with Crippen LogP contribution in [0.3, 0.4) is 0 Å². The van der Waals surface area contributed by atoms with Crippen LogP contribution >= 0.6 is 0 Å². The lowest BCUT2D eigenvalue weighted by atomic mass is 9.96. The molecule has 162 valence electrons. The normalized spacial score (nSPS) is 12.2. The predicted octanol–water partition coefficient (Wildman–Crippen LogP) is 8.04. The lowest BCUT2D eigenvalue weighted by molar-refractivity contribution is -0.666. The van der Waals surface area contributed by atoms with E-state index in [-0.39, 0.29) is 0 Å². The maximum Gasteiger partial charge on any atom is 0.237 e. The Hall–Kier alpha value is -3.90. The lowest BCUT2D eigenvalue weighted by Crippen LogP contribution is -2.35. The minimum atomic E-state index is -0.717. The van der Waals surface area contributed by atoms with Crippen molar-refractivity contribution in [2.24, 2.45) is 7.05 Å². The van der Waals surface area contributed by atoms with Crippen LogP contribution in [0.5, 0.6) is 0 Å². The number of furan rings is 1. The number of pyridine rings is 1. The number of aromatic nitrogens is 1. The Balaban J connectivity index is 1.87. The van der Waals surface area contributed by atoms with E-state index in [2.05, 4.69) is 53.6 Å². The van der Waals surface area contributed by atoms with Crippen LogP contribution in [0.4, 0.5) is 5.69 Å². The molecule has 3 aromatic carbocycles. The Morgan fingerprint density at radius 2 is 1.64 bits per heavy atom. The van der Waals surface area contributed by atoms with E-state index in [1.54, 1.807) is 0 Å². The highest BCUT2D eigenvalue weighted by atomic mass is 16.3. The summed E-state index contributed by atoms with van der Waals surface area (Å²) in [5.41, 5.74) is 8.94. The molecule has 0 atom stereocenters. The Kier molecular flexibility index (Phi) is 4.73. The molecule has 0 amide bonds. The van der Waals surface area contributed by atoms with Crippen LogP contribution in [0.25, 0.3) is 49.2 Å². The molecule has 0 unspecified atom stereocenters. The van der Waals surface area contributed by atoms with Crippen LogP contribution in [0.15, 0.2) is 71.1 Å². The Morgan fingerprint density at radius 1 is 0.939 bits per heavy atom. The number of nitrogens with zero attached hydrogens (tertiary/aromatic N) is 2. The van der Waals surface area contributed by atoms with E-state index < -0.39 is 5.89 Å². The first-order chi connectivity index (χ1) is 16.2. The monoisotopic (exact) mass is 432 g/mol. The standard InChI is InChI=1S/C30H27N2O/c1-18(2)22-16-20(4)32(6)26(17-22)27-19(3)12-13-24-25-15-14-23(21-10-8-7-9-11-21)28(31-5)30(25)33-29(24)27/h7-18H,1-4,6H3/q+1/i18D. The third-order valence-corrected chi connectivity index (χ3v) is 6.57. The van der Waals surface area contributed by atoms with Crippen molar-refractivity contribution in [3.63, 3.8) is 0 Å². The van der Waals surface area contributed by atoms with E-state index in [1.165, 1.54) is 0 Å². The number of aryl methyl sites for hydroxylation is 2. The highest BCUT2D eigenvalue weighted by molar-refractivity contribution is 6.14. The summed E-state index contributed by atoms with van der Waals surface area (Å²) in [5.74, 6) is -0.717. The average Bonchev–Trinajstić information content (AvgIpc) is 3.19. The topological polar surface area (TPSA) is 21.4 Å². The van der Waals surface area contributed by atoms with E-state index in [0.29, 0.717) is 11.3 Å². The average molecular weight is 433 g/mol. The molecule has 2 heterocycles. The maximum atomic E-state index is 8.60. The molecule has 0 aliphatic heterocycles. The van der Waals surface area contributed by atoms with Crippen LogP contribution in [-0.2, 0) is 7.05 Å². The lowest BCUT2D eigenvalue weighted by Gasteiger charge is -2.11. The summed E-state index contributed by atoms with van der Waals surface area (Å²) < 4.78 is 17.3. The van der Waals surface area contributed by atoms with Gasteiger partial charge in [-0.05, 0) is 35.1 Å². The highest BCUT2D eigenvalue weighted by Crippen LogP contribution is 2.44. The van der Waals surface area contributed by atoms with Gasteiger partial charge in [-0.1, -0.05) is 68.4 Å². The minimum absolute atomic E-state index is 0.533. The number of benzene rings is 3. The van der Waals surface area contributed by atoms with Crippen molar-refractivity contribution in [3.05, 3.63) is 95.0 Å². The van der Waals surface area contributed by atoms with Gasteiger partial charge in [-0.2, -0.15) is 4.57 Å². The van der Waals surface area contributed by atoms with Crippen LogP contribution in [0, 0.1) is 20.4 Å². The molecule has 5 aromatic rings. The summed E-state index contributed by atoms with van der Waals surface area (Å²) in [4.78, 5) is 3.90. The van der Waals surface area contributed by atoms with Crippen molar-refractivity contribution < 1.29 is 10.4 Å². The third kappa shape index (κ3) is 3.31. The first-order valence-corrected chi connectivity index (χ1v) is 11.1. The van der Waals surface area contributed by atoms with Crippen molar-refractivity contribution >= 4 is 27.6 Å². The summed E-state index contributed by atoms with van der Waals surface area (Å²) in [5, 5.41) is 1.94. The van der Waals surface area contributed by atoms with Gasteiger partial charge in [0.15, 0.2) is 5.69 Å². The van der Waals surface area contributed by atoms with Crippen molar-refractivity contribution in [1.82, 2.24) is 0 Å². The van der Waals surface area contributed by atoms with Crippen LogP contribution < -0.4 is 4.57 Å². The quantitative estimate of drug-likeness (QED) is 0.209. The Labute approximate surface area is 196 Å². The second-order valence-corrected chi connectivity index (χ2v) is 8.88. The Morgan fingerprint density at radius 3 is 2.33 bits per heavy atom. The van der Waals surface area contributed by atoms with Crippen LogP contribution in [0.2, 0.25) is 0 Å². The van der Waals surface area contributed by atoms with E-state index in [1.807, 2.05) is 57.3 Å². The zero-order valence-corrected chi connectivity index (χ0v) is 19.7. The molecular formula is C30H27N2O+. The molecule has 5 rings (SSSR count). The Bertz CT molecular complexity index is 1620. The zero-order valence-electron chi connectivity index (χ0n) is 20.7. The van der Waals surface area contributed by atoms with Crippen LogP contribution in [-0.4, -0.2) is 0 Å². The summed E-state index contributed by atoms with van der Waals surface area (Å²) in [7, 11) is 2.05. The zero-order chi connectivity index (χ0) is 24.2. The molecule has 0 bridgehead atoms. The molecule has 0 N–H and O–H groups in total. The van der Waals surface area contributed by atoms with E-state index in [4.69, 9.17) is 12.4 Å². The fourth-order valence-electron chi connectivity index (χ4n) is 4.59. The first-order valence-electron chi connectivity index (χ1n) is 11.6. The van der Waals surface area contributed by atoms with E-state index in [9.17, 15) is 0 Å². The number of fused-ring (bicyclic) bond motifs is 3. The number of hydrogen-bond acceptors (Lipinski definition) is 1. The molecule has 0 aliphatic rings. The summed E-state index contributed by atoms with van der Waals surface area (Å²) in [6, 6.07) is 22.4. The summed E-state index contributed by atoms with van der Waals surface area (Å²) in [6.45, 7) is 15.9. The van der Waals surface area contributed by atoms with Gasteiger partial charge in [0.1, 0.15) is 18.2 Å². The van der Waals surface area contributed by atoms with Gasteiger partial charge in [-0.25, -0.2) is 4.85 Å². The molecular weight excluding hydrogens is 404 g/mol. The van der Waals surface area contributed by atoms with Gasteiger partial charge in [-0.3, -0.25) is 0 Å². The first kappa shape index (κ1) is 19.8. The second kappa shape index (κ2) is 7.90. The fourth-order valence-corrected chi connectivity index (χ4v) is 4.59. The predicted molar refractivity (Wildman–Crippen MR) is 136 cm³/mol. The van der Waals surface area contributed by atoms with Gasteiger partial charge in [0.25, 0.3) is 0 Å². The van der Waals surface area contributed by atoms with Crippen molar-refractivity contribution in [2.45, 2.75) is 33.6 Å². The third-order valence-electron chi connectivity index (χ3n) is 6.57. The smallest absolute Gasteiger partial charge is 0.237 e. The van der Waals surface area contributed by atoms with Gasteiger partial charge in [0.2, 0.25) is 11.4 Å². The van der Waals surface area contributed by atoms with E-state index in [0.717, 1.165) is 55.6 Å². The molecule has 0 spiro atoms. The van der Waals surface area contributed by atoms with Gasteiger partial charge >= 0.3 is 0 Å². The minimum Gasteiger partial charge on any atom is -0.466 e. The molecule has 0 radical (unpaired) electrons. The molecule has 3 heteroatoms. The van der Waals surface area contributed by atoms with Crippen molar-refractivity contribution in [1.29, 1.82) is 0 Å². The summed E-state index contributed by atoms with van der Waals surface area (Å²) >= 11 is 0. The van der Waals surface area contributed by atoms with Crippen molar-refractivity contribution in [2.75, 3.05) is 0 Å².